The Hall–Kier alpha value is -3.21. The van der Waals surface area contributed by atoms with Crippen LogP contribution in [-0.4, -0.2) is 17.8 Å². The molecule has 2 aliphatic heterocycles. The number of ether oxygens (including phenoxy) is 1. The summed E-state index contributed by atoms with van der Waals surface area (Å²) in [5.41, 5.74) is 1.70. The van der Waals surface area contributed by atoms with Crippen LogP contribution >= 0.6 is 0 Å². The van der Waals surface area contributed by atoms with Gasteiger partial charge >= 0.3 is 5.97 Å². The molecule has 0 bridgehead atoms. The minimum atomic E-state index is -1.55. The van der Waals surface area contributed by atoms with Gasteiger partial charge in [0.15, 0.2) is 0 Å². The summed E-state index contributed by atoms with van der Waals surface area (Å²) in [6, 6.07) is 15.9. The van der Waals surface area contributed by atoms with E-state index in [9.17, 15) is 14.4 Å². The molecule has 1 saturated heterocycles. The van der Waals surface area contributed by atoms with Crippen LogP contribution in [0.1, 0.15) is 48.5 Å². The molecule has 5 nitrogen and oxygen atoms in total. The van der Waals surface area contributed by atoms with Gasteiger partial charge in [-0.1, -0.05) is 48.9 Å². The molecule has 2 amide bonds. The standard InChI is InChI=1S/C24H21NO4/c1-2-17-20(15-9-8-10-15)24(29-22(17)27)19-14-7-6-13-18(19)21(26)25(23(24)28)16-11-4-3-5-12-16/h3-7,11-14,17H,2,8-10H2,1H3/t17-,24-/m0/s1. The van der Waals surface area contributed by atoms with E-state index in [4.69, 9.17) is 4.74 Å². The number of amides is 2. The number of carbonyl (C=O) groups is 3. The number of fused-ring (bicyclic) bond motifs is 2. The van der Waals surface area contributed by atoms with E-state index in [0.717, 1.165) is 30.4 Å². The topological polar surface area (TPSA) is 63.7 Å². The SMILES string of the molecule is CC[C@@H]1C(=O)O[C@]2(C(=O)N(c3ccccc3)C(=O)c3ccccc32)C1=C1CCC1. The number of benzene rings is 2. The summed E-state index contributed by atoms with van der Waals surface area (Å²) in [7, 11) is 0. The molecular weight excluding hydrogens is 366 g/mol. The maximum absolute atomic E-state index is 14.0. The van der Waals surface area contributed by atoms with Crippen molar-refractivity contribution in [2.75, 3.05) is 4.90 Å². The summed E-state index contributed by atoms with van der Waals surface area (Å²) in [5, 5.41) is 0. The van der Waals surface area contributed by atoms with E-state index >= 15 is 0 Å². The van der Waals surface area contributed by atoms with Crippen molar-refractivity contribution in [3.8, 4) is 0 Å². The Morgan fingerprint density at radius 3 is 2.34 bits per heavy atom. The highest BCUT2D eigenvalue weighted by Gasteiger charge is 2.63. The van der Waals surface area contributed by atoms with Gasteiger partial charge in [-0.05, 0) is 43.9 Å². The molecule has 1 saturated carbocycles. The molecule has 0 radical (unpaired) electrons. The summed E-state index contributed by atoms with van der Waals surface area (Å²) in [6.07, 6.45) is 3.32. The largest absolute Gasteiger partial charge is 0.439 e. The first-order valence-electron chi connectivity index (χ1n) is 10.1. The molecule has 5 heteroatoms. The van der Waals surface area contributed by atoms with E-state index < -0.39 is 23.3 Å². The fourth-order valence-electron chi connectivity index (χ4n) is 4.76. The molecule has 5 rings (SSSR count). The quantitative estimate of drug-likeness (QED) is 0.442. The second-order valence-electron chi connectivity index (χ2n) is 7.76. The van der Waals surface area contributed by atoms with E-state index in [0.29, 0.717) is 23.2 Å². The van der Waals surface area contributed by atoms with Crippen molar-refractivity contribution < 1.29 is 19.1 Å². The molecule has 3 aliphatic rings. The van der Waals surface area contributed by atoms with Crippen molar-refractivity contribution in [2.24, 2.45) is 5.92 Å². The average molecular weight is 387 g/mol. The Kier molecular flexibility index (Phi) is 3.95. The molecule has 2 fully saturated rings. The van der Waals surface area contributed by atoms with E-state index in [1.807, 2.05) is 13.0 Å². The molecule has 29 heavy (non-hydrogen) atoms. The van der Waals surface area contributed by atoms with Crippen LogP contribution < -0.4 is 4.90 Å². The van der Waals surface area contributed by atoms with Gasteiger partial charge in [0.2, 0.25) is 5.60 Å². The molecule has 146 valence electrons. The van der Waals surface area contributed by atoms with Crippen molar-refractivity contribution >= 4 is 23.5 Å². The number of anilines is 1. The van der Waals surface area contributed by atoms with Gasteiger partial charge in [-0.25, -0.2) is 4.90 Å². The zero-order valence-electron chi connectivity index (χ0n) is 16.2. The molecule has 2 aromatic carbocycles. The number of imide groups is 1. The van der Waals surface area contributed by atoms with Crippen molar-refractivity contribution in [1.29, 1.82) is 0 Å². The third-order valence-electron chi connectivity index (χ3n) is 6.27. The van der Waals surface area contributed by atoms with Crippen molar-refractivity contribution in [3.05, 3.63) is 76.9 Å². The van der Waals surface area contributed by atoms with Gasteiger partial charge in [0.05, 0.1) is 11.6 Å². The second-order valence-corrected chi connectivity index (χ2v) is 7.76. The highest BCUT2D eigenvalue weighted by atomic mass is 16.6. The normalized spacial score (nSPS) is 25.9. The summed E-state index contributed by atoms with van der Waals surface area (Å²) in [6.45, 7) is 1.93. The fraction of sp³-hybridized carbons (Fsp3) is 0.292. The Bertz CT molecular complexity index is 1070. The van der Waals surface area contributed by atoms with Gasteiger partial charge in [0.1, 0.15) is 0 Å². The highest BCUT2D eigenvalue weighted by Crippen LogP contribution is 2.54. The van der Waals surface area contributed by atoms with Crippen LogP contribution in [0.4, 0.5) is 5.69 Å². The van der Waals surface area contributed by atoms with E-state index in [1.54, 1.807) is 48.5 Å². The summed E-state index contributed by atoms with van der Waals surface area (Å²) in [4.78, 5) is 41.4. The smallest absolute Gasteiger partial charge is 0.315 e. The molecule has 1 spiro atoms. The summed E-state index contributed by atoms with van der Waals surface area (Å²) < 4.78 is 5.96. The number of hydrogen-bond donors (Lipinski definition) is 0. The molecular formula is C24H21NO4. The first-order valence-corrected chi connectivity index (χ1v) is 10.1. The van der Waals surface area contributed by atoms with E-state index in [-0.39, 0.29) is 5.97 Å². The molecule has 0 aromatic heterocycles. The van der Waals surface area contributed by atoms with Crippen LogP contribution in [0.5, 0.6) is 0 Å². The molecule has 2 atom stereocenters. The Morgan fingerprint density at radius 1 is 1.00 bits per heavy atom. The minimum absolute atomic E-state index is 0.382. The van der Waals surface area contributed by atoms with Crippen molar-refractivity contribution in [2.45, 2.75) is 38.2 Å². The molecule has 1 aliphatic carbocycles. The Morgan fingerprint density at radius 2 is 1.69 bits per heavy atom. The zero-order valence-corrected chi connectivity index (χ0v) is 16.2. The molecule has 2 aromatic rings. The number of allylic oxidation sites excluding steroid dienone is 1. The highest BCUT2D eigenvalue weighted by molar-refractivity contribution is 6.28. The number of carbonyl (C=O) groups excluding carboxylic acids is 3. The van der Waals surface area contributed by atoms with Crippen LogP contribution in [0, 0.1) is 5.92 Å². The second kappa shape index (κ2) is 6.41. The molecule has 0 unspecified atom stereocenters. The van der Waals surface area contributed by atoms with Crippen molar-refractivity contribution in [3.63, 3.8) is 0 Å². The minimum Gasteiger partial charge on any atom is -0.439 e. The lowest BCUT2D eigenvalue weighted by molar-refractivity contribution is -0.158. The average Bonchev–Trinajstić information content (AvgIpc) is 2.99. The van der Waals surface area contributed by atoms with Crippen LogP contribution in [-0.2, 0) is 19.9 Å². The van der Waals surface area contributed by atoms with Gasteiger partial charge in [0.25, 0.3) is 11.8 Å². The number of para-hydroxylation sites is 1. The summed E-state index contributed by atoms with van der Waals surface area (Å²) >= 11 is 0. The maximum atomic E-state index is 14.0. The predicted molar refractivity (Wildman–Crippen MR) is 107 cm³/mol. The number of esters is 1. The van der Waals surface area contributed by atoms with Crippen molar-refractivity contribution in [1.82, 2.24) is 0 Å². The Balaban J connectivity index is 1.82. The van der Waals surface area contributed by atoms with Crippen LogP contribution in [0.25, 0.3) is 0 Å². The van der Waals surface area contributed by atoms with Crippen LogP contribution in [0.3, 0.4) is 0 Å². The summed E-state index contributed by atoms with van der Waals surface area (Å²) in [5.74, 6) is -1.72. The lowest BCUT2D eigenvalue weighted by Crippen LogP contribution is -2.56. The zero-order chi connectivity index (χ0) is 20.2. The third kappa shape index (κ3) is 2.30. The number of rotatable bonds is 2. The number of hydrogen-bond acceptors (Lipinski definition) is 4. The van der Waals surface area contributed by atoms with E-state index in [1.165, 1.54) is 4.90 Å². The molecule has 0 N–H and O–H groups in total. The number of nitrogens with zero attached hydrogens (tertiary/aromatic N) is 1. The van der Waals surface area contributed by atoms with Gasteiger partial charge < -0.3 is 4.74 Å². The first-order chi connectivity index (χ1) is 14.1. The van der Waals surface area contributed by atoms with Crippen LogP contribution in [0.15, 0.2) is 65.7 Å². The lowest BCUT2D eigenvalue weighted by Gasteiger charge is -2.40. The third-order valence-corrected chi connectivity index (χ3v) is 6.27. The van der Waals surface area contributed by atoms with Crippen LogP contribution in [0.2, 0.25) is 0 Å². The lowest BCUT2D eigenvalue weighted by atomic mass is 9.70. The monoisotopic (exact) mass is 387 g/mol. The molecule has 2 heterocycles. The van der Waals surface area contributed by atoms with Gasteiger partial charge in [0, 0.05) is 16.7 Å². The Labute approximate surface area is 169 Å². The maximum Gasteiger partial charge on any atom is 0.315 e. The first kappa shape index (κ1) is 17.9. The van der Waals surface area contributed by atoms with Gasteiger partial charge in [-0.2, -0.15) is 0 Å². The van der Waals surface area contributed by atoms with E-state index in [2.05, 4.69) is 0 Å². The predicted octanol–water partition coefficient (Wildman–Crippen LogP) is 4.13. The van der Waals surface area contributed by atoms with Gasteiger partial charge in [-0.15, -0.1) is 0 Å². The fourth-order valence-corrected chi connectivity index (χ4v) is 4.76. The van der Waals surface area contributed by atoms with Gasteiger partial charge in [-0.3, -0.25) is 14.4 Å².